The summed E-state index contributed by atoms with van der Waals surface area (Å²) in [7, 11) is 1.68. The number of nitrogens with zero attached hydrogens (tertiary/aromatic N) is 1. The van der Waals surface area contributed by atoms with Crippen molar-refractivity contribution >= 4 is 11.7 Å². The van der Waals surface area contributed by atoms with Gasteiger partial charge in [0.2, 0.25) is 5.78 Å². The largest absolute Gasteiger partial charge is 0.339 e. The molecule has 0 fully saturated rings. The van der Waals surface area contributed by atoms with Crippen molar-refractivity contribution in [3.05, 3.63) is 34.9 Å². The second-order valence-corrected chi connectivity index (χ2v) is 4.99. The summed E-state index contributed by atoms with van der Waals surface area (Å²) < 4.78 is 0. The lowest BCUT2D eigenvalue weighted by atomic mass is 10.0. The quantitative estimate of drug-likeness (QED) is 0.758. The first kappa shape index (κ1) is 12.8. The summed E-state index contributed by atoms with van der Waals surface area (Å²) in [5.74, 6) is -0.803. The Morgan fingerprint density at radius 2 is 1.94 bits per heavy atom. The van der Waals surface area contributed by atoms with Crippen LogP contribution in [0.3, 0.4) is 0 Å². The van der Waals surface area contributed by atoms with E-state index in [1.807, 2.05) is 0 Å². The summed E-state index contributed by atoms with van der Waals surface area (Å²) >= 11 is 0. The number of ketones is 1. The van der Waals surface area contributed by atoms with Gasteiger partial charge in [0.05, 0.1) is 0 Å². The molecule has 2 rings (SSSR count). The van der Waals surface area contributed by atoms with Crippen LogP contribution in [0.4, 0.5) is 0 Å². The molecule has 0 atom stereocenters. The molecule has 0 spiro atoms. The van der Waals surface area contributed by atoms with Crippen LogP contribution < -0.4 is 0 Å². The molecule has 1 aliphatic carbocycles. The van der Waals surface area contributed by atoms with Gasteiger partial charge in [-0.15, -0.1) is 0 Å². The van der Waals surface area contributed by atoms with Gasteiger partial charge in [0.1, 0.15) is 0 Å². The second-order valence-electron chi connectivity index (χ2n) is 4.99. The minimum absolute atomic E-state index is 0.397. The number of amides is 1. The summed E-state index contributed by atoms with van der Waals surface area (Å²) in [5.41, 5.74) is 4.17. The number of carbonyl (C=O) groups excluding carboxylic acids is 2. The van der Waals surface area contributed by atoms with Crippen molar-refractivity contribution in [1.29, 1.82) is 0 Å². The van der Waals surface area contributed by atoms with E-state index in [4.69, 9.17) is 0 Å². The normalized spacial score (nSPS) is 13.2. The lowest BCUT2D eigenvalue weighted by Gasteiger charge is -2.15. The third-order valence-electron chi connectivity index (χ3n) is 3.55. The smallest absolute Gasteiger partial charge is 0.289 e. The van der Waals surface area contributed by atoms with Crippen LogP contribution >= 0.6 is 0 Å². The maximum absolute atomic E-state index is 11.4. The Kier molecular flexibility index (Phi) is 3.80. The van der Waals surface area contributed by atoms with E-state index in [0.717, 1.165) is 6.42 Å². The molecular formula is C15H19NO2. The minimum atomic E-state index is -0.406. The van der Waals surface area contributed by atoms with Crippen LogP contribution in [0.5, 0.6) is 0 Å². The number of aryl methyl sites for hydroxylation is 2. The van der Waals surface area contributed by atoms with E-state index in [2.05, 4.69) is 18.2 Å². The van der Waals surface area contributed by atoms with Crippen LogP contribution in [0.25, 0.3) is 0 Å². The van der Waals surface area contributed by atoms with Crippen molar-refractivity contribution in [2.75, 3.05) is 13.6 Å². The number of fused-ring (bicyclic) bond motifs is 1. The Morgan fingerprint density at radius 3 is 2.67 bits per heavy atom. The molecule has 3 heteroatoms. The standard InChI is InChI=1S/C15H19NO2/c1-11(17)15(18)16(2)9-8-12-6-7-13-4-3-5-14(13)10-12/h6-7,10H,3-5,8-9H2,1-2H3. The van der Waals surface area contributed by atoms with Gasteiger partial charge in [-0.05, 0) is 42.4 Å². The van der Waals surface area contributed by atoms with E-state index in [9.17, 15) is 9.59 Å². The molecule has 1 aliphatic rings. The average Bonchev–Trinajstić information content (AvgIpc) is 2.82. The van der Waals surface area contributed by atoms with E-state index >= 15 is 0 Å². The number of likely N-dealkylation sites (N-methyl/N-ethyl adjacent to an activating group) is 1. The van der Waals surface area contributed by atoms with Crippen LogP contribution in [-0.4, -0.2) is 30.2 Å². The molecular weight excluding hydrogens is 226 g/mol. The molecule has 96 valence electrons. The van der Waals surface area contributed by atoms with Crippen LogP contribution in [0, 0.1) is 0 Å². The average molecular weight is 245 g/mol. The molecule has 0 saturated carbocycles. The third-order valence-corrected chi connectivity index (χ3v) is 3.55. The Labute approximate surface area is 108 Å². The van der Waals surface area contributed by atoms with Crippen LogP contribution in [0.2, 0.25) is 0 Å². The van der Waals surface area contributed by atoms with Gasteiger partial charge in [-0.1, -0.05) is 18.2 Å². The Morgan fingerprint density at radius 1 is 1.22 bits per heavy atom. The molecule has 0 bridgehead atoms. The molecule has 0 aromatic heterocycles. The molecule has 0 aliphatic heterocycles. The summed E-state index contributed by atoms with van der Waals surface area (Å²) in [6.07, 6.45) is 4.42. The van der Waals surface area contributed by atoms with Gasteiger partial charge in [-0.25, -0.2) is 0 Å². The van der Waals surface area contributed by atoms with Crippen molar-refractivity contribution < 1.29 is 9.59 Å². The molecule has 0 saturated heterocycles. The third kappa shape index (κ3) is 2.78. The number of benzene rings is 1. The van der Waals surface area contributed by atoms with Gasteiger partial charge < -0.3 is 4.90 Å². The summed E-state index contributed by atoms with van der Waals surface area (Å²) in [5, 5.41) is 0. The van der Waals surface area contributed by atoms with Crippen molar-refractivity contribution in [3.63, 3.8) is 0 Å². The fourth-order valence-corrected chi connectivity index (χ4v) is 2.45. The minimum Gasteiger partial charge on any atom is -0.339 e. The highest BCUT2D eigenvalue weighted by molar-refractivity contribution is 6.34. The highest BCUT2D eigenvalue weighted by Crippen LogP contribution is 2.22. The van der Waals surface area contributed by atoms with E-state index in [1.54, 1.807) is 7.05 Å². The van der Waals surface area contributed by atoms with Crippen molar-refractivity contribution in [1.82, 2.24) is 4.90 Å². The van der Waals surface area contributed by atoms with Crippen LogP contribution in [0.1, 0.15) is 30.0 Å². The molecule has 0 radical (unpaired) electrons. The Hall–Kier alpha value is -1.64. The lowest BCUT2D eigenvalue weighted by Crippen LogP contribution is -2.33. The number of rotatable bonds is 4. The van der Waals surface area contributed by atoms with Gasteiger partial charge in [0, 0.05) is 20.5 Å². The summed E-state index contributed by atoms with van der Waals surface area (Å²) in [6.45, 7) is 1.91. The first-order chi connectivity index (χ1) is 8.58. The predicted molar refractivity (Wildman–Crippen MR) is 70.5 cm³/mol. The SMILES string of the molecule is CC(=O)C(=O)N(C)CCc1ccc2c(c1)CCC2. The zero-order valence-corrected chi connectivity index (χ0v) is 11.0. The van der Waals surface area contributed by atoms with Crippen molar-refractivity contribution in [2.45, 2.75) is 32.6 Å². The molecule has 0 N–H and O–H groups in total. The predicted octanol–water partition coefficient (Wildman–Crippen LogP) is 1.77. The second kappa shape index (κ2) is 5.34. The fourth-order valence-electron chi connectivity index (χ4n) is 2.45. The highest BCUT2D eigenvalue weighted by atomic mass is 16.2. The van der Waals surface area contributed by atoms with Crippen LogP contribution in [-0.2, 0) is 28.9 Å². The number of Topliss-reactive ketones (excluding diaryl/α,β-unsaturated/α-hetero) is 1. The van der Waals surface area contributed by atoms with E-state index < -0.39 is 11.7 Å². The zero-order chi connectivity index (χ0) is 13.1. The number of carbonyl (C=O) groups is 2. The first-order valence-electron chi connectivity index (χ1n) is 6.44. The molecule has 18 heavy (non-hydrogen) atoms. The maximum atomic E-state index is 11.4. The molecule has 1 aromatic rings. The summed E-state index contributed by atoms with van der Waals surface area (Å²) in [4.78, 5) is 23.9. The van der Waals surface area contributed by atoms with E-state index in [1.165, 1.54) is 47.8 Å². The lowest BCUT2D eigenvalue weighted by molar-refractivity contribution is -0.142. The fraction of sp³-hybridized carbons (Fsp3) is 0.467. The van der Waals surface area contributed by atoms with Gasteiger partial charge in [-0.2, -0.15) is 0 Å². The van der Waals surface area contributed by atoms with Crippen LogP contribution in [0.15, 0.2) is 18.2 Å². The van der Waals surface area contributed by atoms with Gasteiger partial charge in [-0.3, -0.25) is 9.59 Å². The number of hydrogen-bond acceptors (Lipinski definition) is 2. The van der Waals surface area contributed by atoms with Gasteiger partial charge in [0.15, 0.2) is 0 Å². The molecule has 1 amide bonds. The molecule has 1 aromatic carbocycles. The summed E-state index contributed by atoms with van der Waals surface area (Å²) in [6, 6.07) is 6.58. The zero-order valence-electron chi connectivity index (χ0n) is 11.0. The van der Waals surface area contributed by atoms with Crippen molar-refractivity contribution in [3.8, 4) is 0 Å². The molecule has 0 unspecified atom stereocenters. The first-order valence-corrected chi connectivity index (χ1v) is 6.44. The van der Waals surface area contributed by atoms with Crippen molar-refractivity contribution in [2.24, 2.45) is 0 Å². The molecule has 3 nitrogen and oxygen atoms in total. The van der Waals surface area contributed by atoms with E-state index in [-0.39, 0.29) is 0 Å². The van der Waals surface area contributed by atoms with E-state index in [0.29, 0.717) is 6.54 Å². The Bertz CT molecular complexity index is 479. The van der Waals surface area contributed by atoms with Gasteiger partial charge >= 0.3 is 0 Å². The number of hydrogen-bond donors (Lipinski definition) is 0. The maximum Gasteiger partial charge on any atom is 0.289 e. The Balaban J connectivity index is 1.94. The molecule has 0 heterocycles. The highest BCUT2D eigenvalue weighted by Gasteiger charge is 2.14. The monoisotopic (exact) mass is 245 g/mol. The topological polar surface area (TPSA) is 37.4 Å². The van der Waals surface area contributed by atoms with Gasteiger partial charge in [0.25, 0.3) is 5.91 Å².